The molecule has 0 radical (unpaired) electrons. The van der Waals surface area contributed by atoms with Gasteiger partial charge < -0.3 is 19.2 Å². The number of cyclic esters (lactones) is 1. The molecule has 3 unspecified atom stereocenters. The monoisotopic (exact) mass is 327 g/mol. The quantitative estimate of drug-likeness (QED) is 0.467. The van der Waals surface area contributed by atoms with E-state index in [1.165, 1.54) is 4.90 Å². The van der Waals surface area contributed by atoms with Gasteiger partial charge in [-0.2, -0.15) is 0 Å². The van der Waals surface area contributed by atoms with E-state index in [-0.39, 0.29) is 30.0 Å². The molecule has 0 saturated carbocycles. The van der Waals surface area contributed by atoms with Gasteiger partial charge in [0, 0.05) is 12.0 Å². The minimum atomic E-state index is -1.11. The molecule has 3 aliphatic rings. The van der Waals surface area contributed by atoms with Crippen LogP contribution in [0.4, 0.5) is 0 Å². The summed E-state index contributed by atoms with van der Waals surface area (Å²) in [5.41, 5.74) is 0.993. The zero-order valence-electron chi connectivity index (χ0n) is 12.5. The van der Waals surface area contributed by atoms with Crippen molar-refractivity contribution < 1.29 is 28.7 Å². The number of carbonyl (C=O) groups is 4. The Kier molecular flexibility index (Phi) is 3.23. The summed E-state index contributed by atoms with van der Waals surface area (Å²) < 4.78 is 10.3. The SMILES string of the molecule is O=CCC1C(=O)N2C(C(=O)OC3OC(=O)c4ccccc43)=CCC12. The molecule has 1 fully saturated rings. The van der Waals surface area contributed by atoms with Crippen LogP contribution in [-0.4, -0.2) is 35.1 Å². The molecule has 3 aliphatic heterocycles. The Morgan fingerprint density at radius 2 is 2.12 bits per heavy atom. The first-order valence-electron chi connectivity index (χ1n) is 7.59. The molecular weight excluding hydrogens is 314 g/mol. The summed E-state index contributed by atoms with van der Waals surface area (Å²) in [6, 6.07) is 6.50. The van der Waals surface area contributed by atoms with Crippen molar-refractivity contribution in [1.29, 1.82) is 0 Å². The van der Waals surface area contributed by atoms with E-state index in [0.717, 1.165) is 0 Å². The molecule has 122 valence electrons. The van der Waals surface area contributed by atoms with Gasteiger partial charge in [-0.25, -0.2) is 9.59 Å². The van der Waals surface area contributed by atoms with Crippen LogP contribution in [0, 0.1) is 5.92 Å². The maximum absolute atomic E-state index is 12.4. The second kappa shape index (κ2) is 5.30. The van der Waals surface area contributed by atoms with Crippen LogP contribution in [-0.2, 0) is 23.9 Å². The van der Waals surface area contributed by atoms with Crippen molar-refractivity contribution in [2.24, 2.45) is 5.92 Å². The van der Waals surface area contributed by atoms with Gasteiger partial charge in [-0.15, -0.1) is 0 Å². The molecule has 0 aromatic heterocycles. The van der Waals surface area contributed by atoms with E-state index in [9.17, 15) is 19.2 Å². The van der Waals surface area contributed by atoms with Crippen molar-refractivity contribution in [3.63, 3.8) is 0 Å². The van der Waals surface area contributed by atoms with Gasteiger partial charge in [-0.3, -0.25) is 4.79 Å². The molecule has 1 saturated heterocycles. The lowest BCUT2D eigenvalue weighted by molar-refractivity contribution is -0.170. The van der Waals surface area contributed by atoms with Gasteiger partial charge in [0.1, 0.15) is 12.0 Å². The summed E-state index contributed by atoms with van der Waals surface area (Å²) in [7, 11) is 0. The van der Waals surface area contributed by atoms with Crippen LogP contribution in [0.25, 0.3) is 0 Å². The molecule has 0 spiro atoms. The van der Waals surface area contributed by atoms with Crippen molar-refractivity contribution in [3.05, 3.63) is 47.2 Å². The number of benzene rings is 1. The van der Waals surface area contributed by atoms with Gasteiger partial charge in [-0.05, 0) is 12.5 Å². The van der Waals surface area contributed by atoms with Gasteiger partial charge in [-0.1, -0.05) is 24.3 Å². The lowest BCUT2D eigenvalue weighted by Crippen LogP contribution is -2.58. The number of hydrogen-bond donors (Lipinski definition) is 0. The largest absolute Gasteiger partial charge is 0.417 e. The van der Waals surface area contributed by atoms with E-state index in [4.69, 9.17) is 9.47 Å². The maximum atomic E-state index is 12.4. The van der Waals surface area contributed by atoms with Gasteiger partial charge >= 0.3 is 11.9 Å². The molecule has 1 amide bonds. The Morgan fingerprint density at radius 3 is 2.92 bits per heavy atom. The fourth-order valence-corrected chi connectivity index (χ4v) is 3.40. The van der Waals surface area contributed by atoms with Crippen molar-refractivity contribution >= 4 is 24.1 Å². The average molecular weight is 327 g/mol. The molecule has 24 heavy (non-hydrogen) atoms. The normalized spacial score (nSPS) is 26.9. The van der Waals surface area contributed by atoms with Crippen molar-refractivity contribution in [1.82, 2.24) is 4.90 Å². The number of β-lactam (4-membered cyclic amide) rings is 1. The zero-order valence-corrected chi connectivity index (χ0v) is 12.5. The van der Waals surface area contributed by atoms with Crippen molar-refractivity contribution in [2.45, 2.75) is 25.2 Å². The summed E-state index contributed by atoms with van der Waals surface area (Å²) in [4.78, 5) is 48.2. The molecule has 4 rings (SSSR count). The molecule has 3 heterocycles. The van der Waals surface area contributed by atoms with E-state index >= 15 is 0 Å². The van der Waals surface area contributed by atoms with E-state index in [1.807, 2.05) is 0 Å². The van der Waals surface area contributed by atoms with Crippen LogP contribution in [0.1, 0.15) is 35.1 Å². The third kappa shape index (κ3) is 1.97. The first-order valence-corrected chi connectivity index (χ1v) is 7.59. The summed E-state index contributed by atoms with van der Waals surface area (Å²) in [6.45, 7) is 0. The van der Waals surface area contributed by atoms with Gasteiger partial charge in [0.15, 0.2) is 0 Å². The summed E-state index contributed by atoms with van der Waals surface area (Å²) >= 11 is 0. The van der Waals surface area contributed by atoms with Gasteiger partial charge in [0.2, 0.25) is 5.91 Å². The topological polar surface area (TPSA) is 90.0 Å². The van der Waals surface area contributed by atoms with Crippen LogP contribution in [0.15, 0.2) is 36.0 Å². The standard InChI is InChI=1S/C17H13NO6/c19-8-7-11-12-5-6-13(18(12)14(11)20)16(22)24-17-10-4-2-1-3-9(10)15(21)23-17/h1-4,6,8,11-12,17H,5,7H2. The van der Waals surface area contributed by atoms with Crippen LogP contribution in [0.3, 0.4) is 0 Å². The highest BCUT2D eigenvalue weighted by molar-refractivity contribution is 6.00. The number of aldehydes is 1. The van der Waals surface area contributed by atoms with Crippen LogP contribution < -0.4 is 0 Å². The highest BCUT2D eigenvalue weighted by Crippen LogP contribution is 2.41. The van der Waals surface area contributed by atoms with E-state index in [2.05, 4.69) is 0 Å². The Morgan fingerprint density at radius 1 is 1.33 bits per heavy atom. The smallest absolute Gasteiger partial charge is 0.358 e. The average Bonchev–Trinajstić information content (AvgIpc) is 3.12. The van der Waals surface area contributed by atoms with E-state index in [1.54, 1.807) is 30.3 Å². The molecule has 0 aliphatic carbocycles. The van der Waals surface area contributed by atoms with E-state index < -0.39 is 18.2 Å². The molecule has 7 heteroatoms. The summed E-state index contributed by atoms with van der Waals surface area (Å²) in [5, 5.41) is 0. The second-order valence-corrected chi connectivity index (χ2v) is 5.84. The lowest BCUT2D eigenvalue weighted by atomic mass is 9.85. The highest BCUT2D eigenvalue weighted by atomic mass is 16.7. The lowest BCUT2D eigenvalue weighted by Gasteiger charge is -2.43. The van der Waals surface area contributed by atoms with Gasteiger partial charge in [0.25, 0.3) is 6.29 Å². The number of rotatable bonds is 4. The molecule has 1 aromatic carbocycles. The summed E-state index contributed by atoms with van der Waals surface area (Å²) in [5.74, 6) is -1.89. The minimum Gasteiger partial charge on any atom is -0.417 e. The second-order valence-electron chi connectivity index (χ2n) is 5.84. The van der Waals surface area contributed by atoms with Crippen LogP contribution >= 0.6 is 0 Å². The number of nitrogens with zero attached hydrogens (tertiary/aromatic N) is 1. The molecule has 1 aromatic rings. The number of carbonyl (C=O) groups excluding carboxylic acids is 4. The molecule has 7 nitrogen and oxygen atoms in total. The maximum Gasteiger partial charge on any atom is 0.358 e. The predicted molar refractivity (Wildman–Crippen MR) is 78.2 cm³/mol. The first-order chi connectivity index (χ1) is 11.6. The van der Waals surface area contributed by atoms with Crippen molar-refractivity contribution in [2.75, 3.05) is 0 Å². The highest BCUT2D eigenvalue weighted by Gasteiger charge is 2.52. The number of hydrogen-bond acceptors (Lipinski definition) is 6. The van der Waals surface area contributed by atoms with Crippen molar-refractivity contribution in [3.8, 4) is 0 Å². The number of ether oxygens (including phenoxy) is 2. The predicted octanol–water partition coefficient (Wildman–Crippen LogP) is 1.10. The van der Waals surface area contributed by atoms with E-state index in [0.29, 0.717) is 23.8 Å². The Balaban J connectivity index is 1.48. The molecule has 0 bridgehead atoms. The Hall–Kier alpha value is -2.96. The Bertz CT molecular complexity index is 798. The third-order valence-corrected chi connectivity index (χ3v) is 4.59. The molecular formula is C17H13NO6. The fourth-order valence-electron chi connectivity index (χ4n) is 3.40. The van der Waals surface area contributed by atoms with Gasteiger partial charge in [0.05, 0.1) is 17.5 Å². The first kappa shape index (κ1) is 14.6. The third-order valence-electron chi connectivity index (χ3n) is 4.59. The zero-order chi connectivity index (χ0) is 16.8. The molecule has 0 N–H and O–H groups in total. The summed E-state index contributed by atoms with van der Waals surface area (Å²) in [6.07, 6.45) is 1.89. The number of esters is 2. The minimum absolute atomic E-state index is 0.146. The number of amides is 1. The van der Waals surface area contributed by atoms with Crippen LogP contribution in [0.5, 0.6) is 0 Å². The van der Waals surface area contributed by atoms with Crippen LogP contribution in [0.2, 0.25) is 0 Å². The fraction of sp³-hybridized carbons (Fsp3) is 0.294. The Labute approximate surface area is 136 Å². The number of fused-ring (bicyclic) bond motifs is 2. The molecule has 3 atom stereocenters.